The van der Waals surface area contributed by atoms with Crippen LogP contribution in [0.1, 0.15) is 32.6 Å². The van der Waals surface area contributed by atoms with Crippen LogP contribution in [0.5, 0.6) is 0 Å². The van der Waals surface area contributed by atoms with Gasteiger partial charge in [0.15, 0.2) is 0 Å². The first kappa shape index (κ1) is 15.7. The zero-order valence-corrected chi connectivity index (χ0v) is 13.6. The molecule has 0 spiro atoms. The minimum Gasteiger partial charge on any atom is -0.398 e. The van der Waals surface area contributed by atoms with Crippen molar-refractivity contribution in [2.24, 2.45) is 5.92 Å². The molecule has 2 atom stereocenters. The molecule has 1 saturated carbocycles. The lowest BCUT2D eigenvalue weighted by Crippen LogP contribution is -2.19. The van der Waals surface area contributed by atoms with Gasteiger partial charge in [-0.05, 0) is 44.0 Å². The minimum absolute atomic E-state index is 0.278. The number of nitrogens with two attached hydrogens (primary N) is 1. The number of anilines is 1. The fourth-order valence-corrected chi connectivity index (χ4v) is 4.86. The number of nitrogen functional groups attached to an aromatic ring is 1. The molecule has 0 bridgehead atoms. The Morgan fingerprint density at radius 3 is 2.75 bits per heavy atom. The van der Waals surface area contributed by atoms with Gasteiger partial charge in [-0.2, -0.15) is 0 Å². The monoisotopic (exact) mass is 314 g/mol. The summed E-state index contributed by atoms with van der Waals surface area (Å²) in [5.41, 5.74) is 6.65. The molecule has 1 aliphatic carbocycles. The Balaban J connectivity index is 2.21. The van der Waals surface area contributed by atoms with Gasteiger partial charge in [-0.1, -0.05) is 19.8 Å². The van der Waals surface area contributed by atoms with Crippen molar-refractivity contribution < 1.29 is 8.42 Å². The second kappa shape index (κ2) is 6.37. The van der Waals surface area contributed by atoms with Crippen molar-refractivity contribution in [2.45, 2.75) is 47.6 Å². The first-order valence-corrected chi connectivity index (χ1v) is 9.28. The van der Waals surface area contributed by atoms with E-state index in [9.17, 15) is 8.42 Å². The third kappa shape index (κ3) is 3.68. The molecular formula is C14H22N2O2S2. The predicted molar refractivity (Wildman–Crippen MR) is 84.4 cm³/mol. The number of rotatable bonds is 4. The largest absolute Gasteiger partial charge is 0.398 e. The maximum absolute atomic E-state index is 11.8. The van der Waals surface area contributed by atoms with E-state index in [4.69, 9.17) is 5.73 Å². The standard InChI is InChI=1S/C14H22N2O2S2/c1-10-4-3-5-11(8-10)19-14-9-12(6-7-13(14)15)20(17,18)16-2/h6-7,9-11,16H,3-5,8,15H2,1-2H3. The van der Waals surface area contributed by atoms with Gasteiger partial charge in [-0.25, -0.2) is 13.1 Å². The van der Waals surface area contributed by atoms with E-state index in [1.807, 2.05) is 0 Å². The highest BCUT2D eigenvalue weighted by atomic mass is 32.2. The summed E-state index contributed by atoms with van der Waals surface area (Å²) < 4.78 is 26.0. The highest BCUT2D eigenvalue weighted by Crippen LogP contribution is 2.38. The molecule has 4 nitrogen and oxygen atoms in total. The summed E-state index contributed by atoms with van der Waals surface area (Å²) in [6.07, 6.45) is 4.89. The molecule has 0 heterocycles. The van der Waals surface area contributed by atoms with Crippen LogP contribution in [-0.2, 0) is 10.0 Å². The van der Waals surface area contributed by atoms with Crippen LogP contribution >= 0.6 is 11.8 Å². The zero-order valence-electron chi connectivity index (χ0n) is 11.9. The summed E-state index contributed by atoms with van der Waals surface area (Å²) >= 11 is 1.72. The summed E-state index contributed by atoms with van der Waals surface area (Å²) in [6.45, 7) is 2.28. The van der Waals surface area contributed by atoms with E-state index in [0.717, 1.165) is 10.8 Å². The molecular weight excluding hydrogens is 292 g/mol. The third-order valence-electron chi connectivity index (χ3n) is 3.75. The van der Waals surface area contributed by atoms with E-state index in [2.05, 4.69) is 11.6 Å². The van der Waals surface area contributed by atoms with Crippen molar-refractivity contribution in [3.8, 4) is 0 Å². The Kier molecular flexibility index (Phi) is 4.99. The maximum Gasteiger partial charge on any atom is 0.240 e. The summed E-state index contributed by atoms with van der Waals surface area (Å²) in [5, 5.41) is 0.536. The maximum atomic E-state index is 11.8. The molecule has 1 aromatic rings. The Morgan fingerprint density at radius 1 is 1.35 bits per heavy atom. The smallest absolute Gasteiger partial charge is 0.240 e. The molecule has 2 unspecified atom stereocenters. The van der Waals surface area contributed by atoms with Gasteiger partial charge in [-0.3, -0.25) is 0 Å². The van der Waals surface area contributed by atoms with Crippen LogP contribution < -0.4 is 10.5 Å². The van der Waals surface area contributed by atoms with Crippen LogP contribution in [0.3, 0.4) is 0 Å². The molecule has 6 heteroatoms. The number of sulfonamides is 1. The van der Waals surface area contributed by atoms with E-state index in [1.54, 1.807) is 30.0 Å². The summed E-state index contributed by atoms with van der Waals surface area (Å²) in [7, 11) is -1.99. The summed E-state index contributed by atoms with van der Waals surface area (Å²) in [4.78, 5) is 1.15. The highest BCUT2D eigenvalue weighted by Gasteiger charge is 2.21. The molecule has 20 heavy (non-hydrogen) atoms. The quantitative estimate of drug-likeness (QED) is 0.838. The molecule has 0 aliphatic heterocycles. The Morgan fingerprint density at radius 2 is 2.10 bits per heavy atom. The van der Waals surface area contributed by atoms with Crippen molar-refractivity contribution in [3.05, 3.63) is 18.2 Å². The molecule has 1 fully saturated rings. The van der Waals surface area contributed by atoms with Gasteiger partial charge in [0.25, 0.3) is 0 Å². The minimum atomic E-state index is -3.41. The lowest BCUT2D eigenvalue weighted by molar-refractivity contribution is 0.394. The lowest BCUT2D eigenvalue weighted by atomic mass is 9.91. The van der Waals surface area contributed by atoms with E-state index in [0.29, 0.717) is 10.9 Å². The zero-order chi connectivity index (χ0) is 14.8. The van der Waals surface area contributed by atoms with Crippen LogP contribution in [0.15, 0.2) is 28.0 Å². The van der Waals surface area contributed by atoms with E-state index < -0.39 is 10.0 Å². The van der Waals surface area contributed by atoms with Crippen LogP contribution in [0.2, 0.25) is 0 Å². The highest BCUT2D eigenvalue weighted by molar-refractivity contribution is 8.00. The Labute approximate surface area is 125 Å². The second-order valence-corrected chi connectivity index (χ2v) is 8.65. The molecule has 1 aliphatic rings. The van der Waals surface area contributed by atoms with Crippen molar-refractivity contribution in [3.63, 3.8) is 0 Å². The number of benzene rings is 1. The SMILES string of the molecule is CNS(=O)(=O)c1ccc(N)c(SC2CCCC(C)C2)c1. The fraction of sp³-hybridized carbons (Fsp3) is 0.571. The van der Waals surface area contributed by atoms with E-state index in [-0.39, 0.29) is 4.90 Å². The lowest BCUT2D eigenvalue weighted by Gasteiger charge is -2.26. The van der Waals surface area contributed by atoms with Crippen molar-refractivity contribution in [1.29, 1.82) is 0 Å². The number of nitrogens with one attached hydrogen (secondary N) is 1. The van der Waals surface area contributed by atoms with Crippen LogP contribution in [0, 0.1) is 5.92 Å². The second-order valence-electron chi connectivity index (χ2n) is 5.42. The molecule has 2 rings (SSSR count). The van der Waals surface area contributed by atoms with Crippen LogP contribution in [0.4, 0.5) is 5.69 Å². The number of thioether (sulfide) groups is 1. The van der Waals surface area contributed by atoms with Gasteiger partial charge in [0.2, 0.25) is 10.0 Å². The average molecular weight is 314 g/mol. The van der Waals surface area contributed by atoms with Gasteiger partial charge in [0.05, 0.1) is 4.90 Å². The van der Waals surface area contributed by atoms with Crippen molar-refractivity contribution in [1.82, 2.24) is 4.72 Å². The predicted octanol–water partition coefficient (Wildman–Crippen LogP) is 2.85. The Bertz CT molecular complexity index is 573. The Hall–Kier alpha value is -0.720. The average Bonchev–Trinajstić information content (AvgIpc) is 2.41. The van der Waals surface area contributed by atoms with Crippen LogP contribution in [-0.4, -0.2) is 20.7 Å². The summed E-state index contributed by atoms with van der Waals surface area (Å²) in [5.74, 6) is 0.742. The normalized spacial score (nSPS) is 23.7. The van der Waals surface area contributed by atoms with Crippen LogP contribution in [0.25, 0.3) is 0 Å². The van der Waals surface area contributed by atoms with Gasteiger partial charge >= 0.3 is 0 Å². The van der Waals surface area contributed by atoms with E-state index in [1.165, 1.54) is 32.7 Å². The number of hydrogen-bond acceptors (Lipinski definition) is 4. The first-order chi connectivity index (χ1) is 9.42. The first-order valence-electron chi connectivity index (χ1n) is 6.92. The molecule has 1 aromatic carbocycles. The number of hydrogen-bond donors (Lipinski definition) is 2. The van der Waals surface area contributed by atoms with Gasteiger partial charge < -0.3 is 5.73 Å². The molecule has 0 radical (unpaired) electrons. The van der Waals surface area contributed by atoms with Crippen molar-refractivity contribution in [2.75, 3.05) is 12.8 Å². The topological polar surface area (TPSA) is 72.2 Å². The van der Waals surface area contributed by atoms with Gasteiger partial charge in [0, 0.05) is 15.8 Å². The fourth-order valence-electron chi connectivity index (χ4n) is 2.57. The van der Waals surface area contributed by atoms with Gasteiger partial charge in [-0.15, -0.1) is 11.8 Å². The molecule has 0 aromatic heterocycles. The van der Waals surface area contributed by atoms with E-state index >= 15 is 0 Å². The molecule has 3 N–H and O–H groups in total. The van der Waals surface area contributed by atoms with Crippen molar-refractivity contribution >= 4 is 27.5 Å². The molecule has 0 amide bonds. The summed E-state index contributed by atoms with van der Waals surface area (Å²) in [6, 6.07) is 4.92. The molecule has 0 saturated heterocycles. The van der Waals surface area contributed by atoms with Gasteiger partial charge in [0.1, 0.15) is 0 Å². The third-order valence-corrected chi connectivity index (χ3v) is 6.53. The molecule has 112 valence electrons.